The molecule has 2 aromatic carbocycles. The Balaban J connectivity index is 1.87. The maximum Gasteiger partial charge on any atom is 0.224 e. The van der Waals surface area contributed by atoms with Crippen LogP contribution in [-0.2, 0) is 4.79 Å². The number of hydrogen-bond acceptors (Lipinski definition) is 3. The molecule has 26 heavy (non-hydrogen) atoms. The third kappa shape index (κ3) is 3.42. The van der Waals surface area contributed by atoms with Crippen molar-refractivity contribution in [1.82, 2.24) is 10.2 Å². The molecule has 0 unspecified atom stereocenters. The number of nitrogens with one attached hydrogen (secondary N) is 1. The minimum Gasteiger partial charge on any atom is -0.496 e. The Hall–Kier alpha value is -2.47. The second-order valence-corrected chi connectivity index (χ2v) is 6.56. The van der Waals surface area contributed by atoms with E-state index in [4.69, 9.17) is 4.74 Å². The highest BCUT2D eigenvalue weighted by Crippen LogP contribution is 2.35. The Labute approximate surface area is 151 Å². The summed E-state index contributed by atoms with van der Waals surface area (Å²) in [5.41, 5.74) is 1.54. The van der Waals surface area contributed by atoms with Gasteiger partial charge in [0, 0.05) is 31.1 Å². The van der Waals surface area contributed by atoms with Gasteiger partial charge >= 0.3 is 0 Å². The zero-order chi connectivity index (χ0) is 18.8. The standard InChI is InChI=1S/C20H22F2N2O2/c1-12(14-6-4-5-7-18(14)26-3)23-17-11-19(25)24(2)20(17)13-8-9-15(21)16(22)10-13/h4-10,12,17,20,23H,11H2,1-3H3/t12-,17-,20+/m0/s1. The lowest BCUT2D eigenvalue weighted by atomic mass is 9.98. The van der Waals surface area contributed by atoms with Gasteiger partial charge < -0.3 is 15.0 Å². The lowest BCUT2D eigenvalue weighted by Gasteiger charge is -2.29. The average molecular weight is 360 g/mol. The molecule has 0 radical (unpaired) electrons. The molecule has 2 aromatic rings. The minimum atomic E-state index is -0.910. The van der Waals surface area contributed by atoms with Crippen molar-refractivity contribution in [3.63, 3.8) is 0 Å². The number of rotatable bonds is 5. The Morgan fingerprint density at radius 2 is 1.92 bits per heavy atom. The number of benzene rings is 2. The van der Waals surface area contributed by atoms with Crippen LogP contribution in [0.4, 0.5) is 8.78 Å². The molecule has 1 amide bonds. The normalized spacial score (nSPS) is 21.1. The van der Waals surface area contributed by atoms with E-state index in [9.17, 15) is 13.6 Å². The largest absolute Gasteiger partial charge is 0.496 e. The molecular formula is C20H22F2N2O2. The van der Waals surface area contributed by atoms with Crippen molar-refractivity contribution < 1.29 is 18.3 Å². The third-order valence-corrected chi connectivity index (χ3v) is 4.94. The lowest BCUT2D eigenvalue weighted by molar-refractivity contribution is -0.127. The van der Waals surface area contributed by atoms with Crippen molar-refractivity contribution in [3.05, 3.63) is 65.2 Å². The van der Waals surface area contributed by atoms with Gasteiger partial charge in [0.1, 0.15) is 5.75 Å². The van der Waals surface area contributed by atoms with Crippen molar-refractivity contribution in [2.75, 3.05) is 14.2 Å². The molecule has 1 aliphatic rings. The molecule has 3 atom stereocenters. The number of hydrogen-bond donors (Lipinski definition) is 1. The number of amides is 1. The summed E-state index contributed by atoms with van der Waals surface area (Å²) in [6, 6.07) is 10.8. The highest BCUT2D eigenvalue weighted by molar-refractivity contribution is 5.80. The summed E-state index contributed by atoms with van der Waals surface area (Å²) in [4.78, 5) is 13.8. The monoisotopic (exact) mass is 360 g/mol. The number of carbonyl (C=O) groups is 1. The predicted molar refractivity (Wildman–Crippen MR) is 94.8 cm³/mol. The number of halogens is 2. The van der Waals surface area contributed by atoms with E-state index in [1.807, 2.05) is 31.2 Å². The number of carbonyl (C=O) groups excluding carboxylic acids is 1. The van der Waals surface area contributed by atoms with Crippen LogP contribution in [0, 0.1) is 11.6 Å². The van der Waals surface area contributed by atoms with Gasteiger partial charge in [0.2, 0.25) is 5.91 Å². The van der Waals surface area contributed by atoms with Gasteiger partial charge in [0.25, 0.3) is 0 Å². The summed E-state index contributed by atoms with van der Waals surface area (Å²) in [6.07, 6.45) is 0.291. The maximum absolute atomic E-state index is 13.7. The first-order valence-corrected chi connectivity index (χ1v) is 8.52. The molecule has 0 saturated carbocycles. The second kappa shape index (κ2) is 7.41. The first-order chi connectivity index (χ1) is 12.4. The van der Waals surface area contributed by atoms with E-state index >= 15 is 0 Å². The summed E-state index contributed by atoms with van der Waals surface area (Å²) in [7, 11) is 3.30. The Morgan fingerprint density at radius 1 is 1.19 bits per heavy atom. The average Bonchev–Trinajstić information content (AvgIpc) is 2.91. The van der Waals surface area contributed by atoms with Crippen LogP contribution >= 0.6 is 0 Å². The minimum absolute atomic E-state index is 0.0375. The van der Waals surface area contributed by atoms with Gasteiger partial charge in [-0.1, -0.05) is 24.3 Å². The zero-order valence-electron chi connectivity index (χ0n) is 15.0. The summed E-state index contributed by atoms with van der Waals surface area (Å²) in [5, 5.41) is 3.45. The van der Waals surface area contributed by atoms with Crippen LogP contribution in [0.2, 0.25) is 0 Å². The molecular weight excluding hydrogens is 338 g/mol. The molecule has 1 heterocycles. The number of para-hydroxylation sites is 1. The third-order valence-electron chi connectivity index (χ3n) is 4.94. The Bertz CT molecular complexity index is 812. The molecule has 3 rings (SSSR count). The lowest BCUT2D eigenvalue weighted by Crippen LogP contribution is -2.36. The van der Waals surface area contributed by atoms with Crippen LogP contribution in [0.3, 0.4) is 0 Å². The Morgan fingerprint density at radius 3 is 2.62 bits per heavy atom. The summed E-state index contributed by atoms with van der Waals surface area (Å²) < 4.78 is 32.4. The van der Waals surface area contributed by atoms with Crippen molar-refractivity contribution in [1.29, 1.82) is 0 Å². The van der Waals surface area contributed by atoms with Crippen molar-refractivity contribution in [2.45, 2.75) is 31.5 Å². The van der Waals surface area contributed by atoms with Crippen molar-refractivity contribution >= 4 is 5.91 Å². The summed E-state index contributed by atoms with van der Waals surface area (Å²) >= 11 is 0. The molecule has 1 N–H and O–H groups in total. The van der Waals surface area contributed by atoms with Crippen LogP contribution in [0.25, 0.3) is 0 Å². The van der Waals surface area contributed by atoms with Crippen LogP contribution in [0.1, 0.15) is 36.6 Å². The highest BCUT2D eigenvalue weighted by atomic mass is 19.2. The predicted octanol–water partition coefficient (Wildman–Crippen LogP) is 3.60. The number of nitrogens with zero attached hydrogens (tertiary/aromatic N) is 1. The van der Waals surface area contributed by atoms with Crippen LogP contribution in [0.15, 0.2) is 42.5 Å². The molecule has 138 valence electrons. The van der Waals surface area contributed by atoms with E-state index < -0.39 is 11.6 Å². The van der Waals surface area contributed by atoms with E-state index in [1.54, 1.807) is 19.1 Å². The Kier molecular flexibility index (Phi) is 5.23. The molecule has 1 saturated heterocycles. The van der Waals surface area contributed by atoms with Crippen molar-refractivity contribution in [3.8, 4) is 5.75 Å². The first-order valence-electron chi connectivity index (χ1n) is 8.52. The fourth-order valence-electron chi connectivity index (χ4n) is 3.61. The molecule has 0 bridgehead atoms. The molecule has 4 nitrogen and oxygen atoms in total. The zero-order valence-corrected chi connectivity index (χ0v) is 15.0. The van der Waals surface area contributed by atoms with E-state index in [-0.39, 0.29) is 24.0 Å². The van der Waals surface area contributed by atoms with E-state index in [0.717, 1.165) is 23.4 Å². The highest BCUT2D eigenvalue weighted by Gasteiger charge is 2.39. The van der Waals surface area contributed by atoms with Crippen LogP contribution in [-0.4, -0.2) is 31.0 Å². The van der Waals surface area contributed by atoms with Gasteiger partial charge in [0.05, 0.1) is 13.2 Å². The number of likely N-dealkylation sites (tertiary alicyclic amines) is 1. The molecule has 0 aliphatic carbocycles. The quantitative estimate of drug-likeness (QED) is 0.886. The van der Waals surface area contributed by atoms with Gasteiger partial charge in [0.15, 0.2) is 11.6 Å². The van der Waals surface area contributed by atoms with Crippen LogP contribution < -0.4 is 10.1 Å². The van der Waals surface area contributed by atoms with Gasteiger partial charge in [-0.05, 0) is 30.7 Å². The van der Waals surface area contributed by atoms with E-state index in [2.05, 4.69) is 5.32 Å². The smallest absolute Gasteiger partial charge is 0.224 e. The molecule has 6 heteroatoms. The van der Waals surface area contributed by atoms with Gasteiger partial charge in [-0.15, -0.1) is 0 Å². The first kappa shape index (κ1) is 18.3. The molecule has 1 fully saturated rings. The SMILES string of the molecule is COc1ccccc1[C@H](C)N[C@H]1CC(=O)N(C)[C@@H]1c1ccc(F)c(F)c1. The topological polar surface area (TPSA) is 41.6 Å². The second-order valence-electron chi connectivity index (χ2n) is 6.56. The fourth-order valence-corrected chi connectivity index (χ4v) is 3.61. The molecule has 1 aliphatic heterocycles. The number of likely N-dealkylation sites (N-methyl/N-ethyl adjacent to an activating group) is 1. The van der Waals surface area contributed by atoms with Gasteiger partial charge in [-0.2, -0.15) is 0 Å². The summed E-state index contributed by atoms with van der Waals surface area (Å²) in [5.74, 6) is -1.08. The van der Waals surface area contributed by atoms with Gasteiger partial charge in [-0.3, -0.25) is 4.79 Å². The fraction of sp³-hybridized carbons (Fsp3) is 0.350. The van der Waals surface area contributed by atoms with E-state index in [0.29, 0.717) is 12.0 Å². The summed E-state index contributed by atoms with van der Waals surface area (Å²) in [6.45, 7) is 1.99. The van der Waals surface area contributed by atoms with Crippen LogP contribution in [0.5, 0.6) is 5.75 Å². The van der Waals surface area contributed by atoms with Crippen molar-refractivity contribution in [2.24, 2.45) is 0 Å². The molecule has 0 aromatic heterocycles. The number of methoxy groups -OCH3 is 1. The number of ether oxygens (including phenoxy) is 1. The molecule has 0 spiro atoms. The maximum atomic E-state index is 13.7. The van der Waals surface area contributed by atoms with E-state index in [1.165, 1.54) is 6.07 Å². The van der Waals surface area contributed by atoms with Gasteiger partial charge in [-0.25, -0.2) is 8.78 Å².